The van der Waals surface area contributed by atoms with E-state index in [1.807, 2.05) is 11.9 Å². The summed E-state index contributed by atoms with van der Waals surface area (Å²) in [6.07, 6.45) is 3.53. The van der Waals surface area contributed by atoms with Crippen LogP contribution in [0.2, 0.25) is 0 Å². The van der Waals surface area contributed by atoms with Gasteiger partial charge in [0.15, 0.2) is 0 Å². The minimum absolute atomic E-state index is 0.109. The number of halogens is 1. The van der Waals surface area contributed by atoms with Gasteiger partial charge in [-0.25, -0.2) is 4.39 Å². The van der Waals surface area contributed by atoms with Gasteiger partial charge in [-0.1, -0.05) is 0 Å². The Bertz CT molecular complexity index is 509. The van der Waals surface area contributed by atoms with Gasteiger partial charge >= 0.3 is 0 Å². The molecule has 1 fully saturated rings. The Balaban J connectivity index is 2.17. The van der Waals surface area contributed by atoms with E-state index in [0.717, 1.165) is 19.4 Å². The molecule has 0 aromatic heterocycles. The molecule has 2 rings (SSSR count). The van der Waals surface area contributed by atoms with Crippen LogP contribution in [0.1, 0.15) is 24.8 Å². The monoisotopic (exact) mass is 278 g/mol. The van der Waals surface area contributed by atoms with Crippen molar-refractivity contribution in [2.75, 3.05) is 32.6 Å². The average molecular weight is 278 g/mol. The first-order chi connectivity index (χ1) is 9.35. The van der Waals surface area contributed by atoms with Crippen LogP contribution in [0.5, 0.6) is 0 Å². The third kappa shape index (κ3) is 2.63. The molecule has 0 unspecified atom stereocenters. The summed E-state index contributed by atoms with van der Waals surface area (Å²) in [5.41, 5.74) is 6.51. The fourth-order valence-corrected chi connectivity index (χ4v) is 2.84. The zero-order chi connectivity index (χ0) is 14.9. The largest absolute Gasteiger partial charge is 0.384 e. The van der Waals surface area contributed by atoms with Crippen LogP contribution in [0.4, 0.5) is 10.1 Å². The topological polar surface area (TPSA) is 56.4 Å². The highest BCUT2D eigenvalue weighted by Crippen LogP contribution is 2.37. The highest BCUT2D eigenvalue weighted by atomic mass is 19.1. The van der Waals surface area contributed by atoms with Gasteiger partial charge < -0.3 is 15.5 Å². The Kier molecular flexibility index (Phi) is 3.99. The number of likely N-dealkylation sites (N-methyl/N-ethyl adjacent to an activating group) is 2. The van der Waals surface area contributed by atoms with E-state index in [0.29, 0.717) is 11.3 Å². The van der Waals surface area contributed by atoms with E-state index in [9.17, 15) is 4.39 Å². The summed E-state index contributed by atoms with van der Waals surface area (Å²) < 4.78 is 14.2. The van der Waals surface area contributed by atoms with Crippen molar-refractivity contribution in [1.82, 2.24) is 4.90 Å². The fourth-order valence-electron chi connectivity index (χ4n) is 2.84. The van der Waals surface area contributed by atoms with Gasteiger partial charge in [-0.3, -0.25) is 5.41 Å². The van der Waals surface area contributed by atoms with Gasteiger partial charge in [0.05, 0.1) is 5.69 Å². The summed E-state index contributed by atoms with van der Waals surface area (Å²) in [7, 11) is 6.08. The predicted molar refractivity (Wildman–Crippen MR) is 81.0 cm³/mol. The summed E-state index contributed by atoms with van der Waals surface area (Å²) in [4.78, 5) is 4.20. The van der Waals surface area contributed by atoms with Gasteiger partial charge in [-0.2, -0.15) is 0 Å². The molecule has 1 aliphatic rings. The molecule has 0 radical (unpaired) electrons. The first kappa shape index (κ1) is 14.8. The molecule has 3 N–H and O–H groups in total. The first-order valence-corrected chi connectivity index (χ1v) is 6.88. The van der Waals surface area contributed by atoms with E-state index in [2.05, 4.69) is 19.0 Å². The van der Waals surface area contributed by atoms with Crippen LogP contribution in [-0.2, 0) is 0 Å². The minimum Gasteiger partial charge on any atom is -0.384 e. The van der Waals surface area contributed by atoms with E-state index < -0.39 is 0 Å². The van der Waals surface area contributed by atoms with E-state index in [-0.39, 0.29) is 17.2 Å². The molecule has 1 aromatic rings. The van der Waals surface area contributed by atoms with Crippen LogP contribution in [0.15, 0.2) is 18.2 Å². The van der Waals surface area contributed by atoms with Crippen LogP contribution < -0.4 is 10.6 Å². The molecule has 20 heavy (non-hydrogen) atoms. The Hall–Kier alpha value is -1.62. The standard InChI is InChI=1S/C15H23FN4/c1-19(2)15(7-4-8-15)10-20(3)13-6-5-11(14(17)18)9-12(13)16/h5-6,9H,4,7-8,10H2,1-3H3,(H3,17,18). The normalized spacial score (nSPS) is 16.9. The molecule has 0 heterocycles. The second-order valence-corrected chi connectivity index (χ2v) is 5.91. The molecule has 110 valence electrons. The minimum atomic E-state index is -0.326. The van der Waals surface area contributed by atoms with Crippen LogP contribution in [-0.4, -0.2) is 44.0 Å². The van der Waals surface area contributed by atoms with E-state index in [1.54, 1.807) is 12.1 Å². The molecule has 5 heteroatoms. The number of rotatable bonds is 5. The van der Waals surface area contributed by atoms with Gasteiger partial charge in [0.25, 0.3) is 0 Å². The van der Waals surface area contributed by atoms with Crippen molar-refractivity contribution in [2.24, 2.45) is 5.73 Å². The summed E-state index contributed by atoms with van der Waals surface area (Å²) in [5, 5.41) is 7.34. The zero-order valence-corrected chi connectivity index (χ0v) is 12.4. The van der Waals surface area contributed by atoms with Gasteiger partial charge in [0.1, 0.15) is 11.7 Å². The molecule has 1 saturated carbocycles. The number of nitrogens with one attached hydrogen (secondary N) is 1. The molecule has 0 spiro atoms. The van der Waals surface area contributed by atoms with Gasteiger partial charge in [0.2, 0.25) is 0 Å². The van der Waals surface area contributed by atoms with Gasteiger partial charge in [0, 0.05) is 24.7 Å². The van der Waals surface area contributed by atoms with Crippen molar-refractivity contribution >= 4 is 11.5 Å². The van der Waals surface area contributed by atoms with Crippen molar-refractivity contribution in [3.8, 4) is 0 Å². The Morgan fingerprint density at radius 2 is 2.00 bits per heavy atom. The van der Waals surface area contributed by atoms with Crippen molar-refractivity contribution in [2.45, 2.75) is 24.8 Å². The Morgan fingerprint density at radius 3 is 2.40 bits per heavy atom. The maximum atomic E-state index is 14.2. The number of nitrogens with two attached hydrogens (primary N) is 1. The number of hydrogen-bond donors (Lipinski definition) is 2. The predicted octanol–water partition coefficient (Wildman–Crippen LogP) is 2.03. The third-order valence-electron chi connectivity index (χ3n) is 4.43. The van der Waals surface area contributed by atoms with E-state index in [1.165, 1.54) is 12.5 Å². The number of nitrogen functional groups attached to an aromatic ring is 1. The van der Waals surface area contributed by atoms with E-state index in [4.69, 9.17) is 11.1 Å². The SMILES string of the molecule is CN(CC1(N(C)C)CCC1)c1ccc(C(=N)N)cc1F. The molecule has 0 aliphatic heterocycles. The molecule has 4 nitrogen and oxygen atoms in total. The molecule has 1 aliphatic carbocycles. The van der Waals surface area contributed by atoms with Crippen LogP contribution >= 0.6 is 0 Å². The van der Waals surface area contributed by atoms with Crippen LogP contribution in [0.25, 0.3) is 0 Å². The highest BCUT2D eigenvalue weighted by molar-refractivity contribution is 5.95. The molecular weight excluding hydrogens is 255 g/mol. The first-order valence-electron chi connectivity index (χ1n) is 6.88. The number of amidine groups is 1. The summed E-state index contributed by atoms with van der Waals surface area (Å²) >= 11 is 0. The number of anilines is 1. The fraction of sp³-hybridized carbons (Fsp3) is 0.533. The van der Waals surface area contributed by atoms with Crippen molar-refractivity contribution < 1.29 is 4.39 Å². The molecule has 1 aromatic carbocycles. The smallest absolute Gasteiger partial charge is 0.147 e. The lowest BCUT2D eigenvalue weighted by molar-refractivity contribution is 0.0682. The summed E-state index contributed by atoms with van der Waals surface area (Å²) in [6.45, 7) is 0.802. The molecule has 0 saturated heterocycles. The number of nitrogens with zero attached hydrogens (tertiary/aromatic N) is 2. The maximum Gasteiger partial charge on any atom is 0.147 e. The number of hydrogen-bond acceptors (Lipinski definition) is 3. The second-order valence-electron chi connectivity index (χ2n) is 5.91. The molecule has 0 atom stereocenters. The van der Waals surface area contributed by atoms with Gasteiger partial charge in [-0.05, 0) is 51.6 Å². The lowest BCUT2D eigenvalue weighted by atomic mass is 9.75. The maximum absolute atomic E-state index is 14.2. The molecule has 0 amide bonds. The van der Waals surface area contributed by atoms with Crippen molar-refractivity contribution in [3.05, 3.63) is 29.6 Å². The van der Waals surface area contributed by atoms with E-state index >= 15 is 0 Å². The Labute approximate surface area is 119 Å². The zero-order valence-electron chi connectivity index (χ0n) is 12.4. The van der Waals surface area contributed by atoms with Crippen LogP contribution in [0.3, 0.4) is 0 Å². The Morgan fingerprint density at radius 1 is 1.35 bits per heavy atom. The second kappa shape index (κ2) is 5.40. The highest BCUT2D eigenvalue weighted by Gasteiger charge is 2.40. The summed E-state index contributed by atoms with van der Waals surface area (Å²) in [5.74, 6) is -0.435. The third-order valence-corrected chi connectivity index (χ3v) is 4.43. The lowest BCUT2D eigenvalue weighted by Crippen LogP contribution is -2.56. The van der Waals surface area contributed by atoms with Crippen LogP contribution in [0, 0.1) is 11.2 Å². The quantitative estimate of drug-likeness (QED) is 0.640. The summed E-state index contributed by atoms with van der Waals surface area (Å²) in [6, 6.07) is 4.73. The van der Waals surface area contributed by atoms with Crippen molar-refractivity contribution in [1.29, 1.82) is 5.41 Å². The average Bonchev–Trinajstić information content (AvgIpc) is 2.32. The van der Waals surface area contributed by atoms with Gasteiger partial charge in [-0.15, -0.1) is 0 Å². The lowest BCUT2D eigenvalue weighted by Gasteiger charge is -2.49. The van der Waals surface area contributed by atoms with Crippen molar-refractivity contribution in [3.63, 3.8) is 0 Å². The molecule has 0 bridgehead atoms. The number of benzene rings is 1. The molecular formula is C15H23FN4.